The molecular weight excluding hydrogens is 198 g/mol. The Morgan fingerprint density at radius 2 is 1.94 bits per heavy atom. The average molecular weight is 227 g/mol. The first-order chi connectivity index (χ1) is 7.30. The Labute approximate surface area is 101 Å². The molecule has 0 heterocycles. The van der Waals surface area contributed by atoms with Gasteiger partial charge in [0, 0.05) is 12.6 Å². The molecule has 0 spiro atoms. The van der Waals surface area contributed by atoms with Gasteiger partial charge in [-0.25, -0.2) is 0 Å². The first-order valence-electron chi connectivity index (χ1n) is 6.69. The summed E-state index contributed by atoms with van der Waals surface area (Å²) in [7, 11) is 2.16. The van der Waals surface area contributed by atoms with E-state index in [1.54, 1.807) is 0 Å². The number of hydrogen-bond donors (Lipinski definition) is 1. The van der Waals surface area contributed by atoms with Crippen LogP contribution in [0.3, 0.4) is 0 Å². The Morgan fingerprint density at radius 3 is 2.44 bits per heavy atom. The van der Waals surface area contributed by atoms with Crippen molar-refractivity contribution < 1.29 is 5.11 Å². The van der Waals surface area contributed by atoms with Crippen LogP contribution in [0, 0.1) is 11.3 Å². The predicted molar refractivity (Wildman–Crippen MR) is 69.5 cm³/mol. The summed E-state index contributed by atoms with van der Waals surface area (Å²) in [6.45, 7) is 9.47. The number of likely N-dealkylation sites (N-methyl/N-ethyl adjacent to an activating group) is 1. The zero-order chi connectivity index (χ0) is 12.3. The van der Waals surface area contributed by atoms with Crippen molar-refractivity contribution in [2.45, 2.75) is 65.5 Å². The molecule has 96 valence electrons. The molecule has 0 bridgehead atoms. The van der Waals surface area contributed by atoms with E-state index in [1.165, 1.54) is 25.7 Å². The van der Waals surface area contributed by atoms with Crippen LogP contribution in [0.5, 0.6) is 0 Å². The summed E-state index contributed by atoms with van der Waals surface area (Å²) in [5, 5.41) is 10.1. The summed E-state index contributed by atoms with van der Waals surface area (Å²) >= 11 is 0. The largest absolute Gasteiger partial charge is 0.391 e. The smallest absolute Gasteiger partial charge is 0.0715 e. The van der Waals surface area contributed by atoms with Gasteiger partial charge in [-0.15, -0.1) is 0 Å². The van der Waals surface area contributed by atoms with Gasteiger partial charge in [-0.3, -0.25) is 0 Å². The fourth-order valence-corrected chi connectivity index (χ4v) is 2.50. The van der Waals surface area contributed by atoms with Gasteiger partial charge < -0.3 is 10.0 Å². The molecular formula is C14H29NO. The van der Waals surface area contributed by atoms with Gasteiger partial charge in [-0.05, 0) is 31.2 Å². The molecule has 0 aromatic rings. The van der Waals surface area contributed by atoms with Crippen molar-refractivity contribution in [3.8, 4) is 0 Å². The molecule has 3 atom stereocenters. The van der Waals surface area contributed by atoms with E-state index in [0.717, 1.165) is 12.5 Å². The Morgan fingerprint density at radius 1 is 1.31 bits per heavy atom. The fourth-order valence-electron chi connectivity index (χ4n) is 2.50. The quantitative estimate of drug-likeness (QED) is 0.801. The zero-order valence-corrected chi connectivity index (χ0v) is 11.7. The maximum atomic E-state index is 10.1. The van der Waals surface area contributed by atoms with Crippen LogP contribution in [0.4, 0.5) is 0 Å². The Kier molecular flexibility index (Phi) is 4.81. The van der Waals surface area contributed by atoms with Crippen molar-refractivity contribution in [1.29, 1.82) is 0 Å². The van der Waals surface area contributed by atoms with Crippen LogP contribution >= 0.6 is 0 Å². The van der Waals surface area contributed by atoms with Gasteiger partial charge in [0.1, 0.15) is 0 Å². The van der Waals surface area contributed by atoms with Crippen molar-refractivity contribution in [3.05, 3.63) is 0 Å². The van der Waals surface area contributed by atoms with E-state index >= 15 is 0 Å². The molecule has 0 radical (unpaired) electrons. The van der Waals surface area contributed by atoms with E-state index in [0.29, 0.717) is 6.04 Å². The van der Waals surface area contributed by atoms with Crippen molar-refractivity contribution in [3.63, 3.8) is 0 Å². The highest BCUT2D eigenvalue weighted by Gasteiger charge is 2.28. The highest BCUT2D eigenvalue weighted by molar-refractivity contribution is 4.81. The van der Waals surface area contributed by atoms with Crippen molar-refractivity contribution >= 4 is 0 Å². The van der Waals surface area contributed by atoms with E-state index in [4.69, 9.17) is 0 Å². The highest BCUT2D eigenvalue weighted by atomic mass is 16.3. The number of rotatable bonds is 3. The van der Waals surface area contributed by atoms with Crippen molar-refractivity contribution in [2.24, 2.45) is 11.3 Å². The van der Waals surface area contributed by atoms with Gasteiger partial charge in [-0.2, -0.15) is 0 Å². The first-order valence-corrected chi connectivity index (χ1v) is 6.69. The molecule has 3 unspecified atom stereocenters. The van der Waals surface area contributed by atoms with Gasteiger partial charge in [0.25, 0.3) is 0 Å². The lowest BCUT2D eigenvalue weighted by Gasteiger charge is -2.37. The van der Waals surface area contributed by atoms with E-state index < -0.39 is 0 Å². The SMILES string of the molecule is CC1CCCC(N(C)CC(O)C(C)(C)C)C1. The summed E-state index contributed by atoms with van der Waals surface area (Å²) in [4.78, 5) is 2.37. The minimum atomic E-state index is -0.227. The molecule has 16 heavy (non-hydrogen) atoms. The topological polar surface area (TPSA) is 23.5 Å². The van der Waals surface area contributed by atoms with Gasteiger partial charge in [-0.1, -0.05) is 40.5 Å². The molecule has 1 fully saturated rings. The number of nitrogens with zero attached hydrogens (tertiary/aromatic N) is 1. The maximum absolute atomic E-state index is 10.1. The summed E-state index contributed by atoms with van der Waals surface area (Å²) in [6.07, 6.45) is 5.11. The van der Waals surface area contributed by atoms with E-state index in [-0.39, 0.29) is 11.5 Å². The number of hydrogen-bond acceptors (Lipinski definition) is 2. The highest BCUT2D eigenvalue weighted by Crippen LogP contribution is 2.28. The molecule has 1 aliphatic carbocycles. The molecule has 0 aromatic carbocycles. The third-order valence-corrected chi connectivity index (χ3v) is 3.99. The lowest BCUT2D eigenvalue weighted by molar-refractivity contribution is 0.0166. The second-order valence-electron chi connectivity index (χ2n) is 6.75. The minimum absolute atomic E-state index is 0.00541. The van der Waals surface area contributed by atoms with Gasteiger partial charge in [0.15, 0.2) is 0 Å². The molecule has 0 saturated heterocycles. The fraction of sp³-hybridized carbons (Fsp3) is 1.00. The Balaban J connectivity index is 2.42. The van der Waals surface area contributed by atoms with Crippen molar-refractivity contribution in [2.75, 3.05) is 13.6 Å². The van der Waals surface area contributed by atoms with E-state index in [1.807, 2.05) is 0 Å². The van der Waals surface area contributed by atoms with Crippen LogP contribution in [0.1, 0.15) is 53.4 Å². The molecule has 0 aliphatic heterocycles. The van der Waals surface area contributed by atoms with Gasteiger partial charge in [0.05, 0.1) is 6.10 Å². The third kappa shape index (κ3) is 4.06. The Bertz CT molecular complexity index is 209. The van der Waals surface area contributed by atoms with E-state index in [9.17, 15) is 5.11 Å². The Hall–Kier alpha value is -0.0800. The van der Waals surface area contributed by atoms with Gasteiger partial charge >= 0.3 is 0 Å². The summed E-state index contributed by atoms with van der Waals surface area (Å²) in [5.74, 6) is 0.855. The normalized spacial score (nSPS) is 29.4. The van der Waals surface area contributed by atoms with Crippen LogP contribution in [-0.2, 0) is 0 Å². The molecule has 0 amide bonds. The zero-order valence-electron chi connectivity index (χ0n) is 11.7. The van der Waals surface area contributed by atoms with Crippen LogP contribution in [0.2, 0.25) is 0 Å². The lowest BCUT2D eigenvalue weighted by Crippen LogP contribution is -2.43. The third-order valence-electron chi connectivity index (χ3n) is 3.99. The molecule has 1 rings (SSSR count). The van der Waals surface area contributed by atoms with Crippen molar-refractivity contribution in [1.82, 2.24) is 4.90 Å². The maximum Gasteiger partial charge on any atom is 0.0715 e. The number of aliphatic hydroxyl groups is 1. The standard InChI is InChI=1S/C14H29NO/c1-11-7-6-8-12(9-11)15(5)10-13(16)14(2,3)4/h11-13,16H,6-10H2,1-5H3. The van der Waals surface area contributed by atoms with Crippen LogP contribution < -0.4 is 0 Å². The van der Waals surface area contributed by atoms with Crippen LogP contribution in [0.15, 0.2) is 0 Å². The van der Waals surface area contributed by atoms with Crippen LogP contribution in [-0.4, -0.2) is 35.7 Å². The average Bonchev–Trinajstić information content (AvgIpc) is 2.16. The van der Waals surface area contributed by atoms with E-state index in [2.05, 4.69) is 39.6 Å². The molecule has 2 nitrogen and oxygen atoms in total. The van der Waals surface area contributed by atoms with Gasteiger partial charge in [0.2, 0.25) is 0 Å². The second kappa shape index (κ2) is 5.50. The summed E-state index contributed by atoms with van der Waals surface area (Å²) < 4.78 is 0. The number of aliphatic hydroxyl groups excluding tert-OH is 1. The van der Waals surface area contributed by atoms with Crippen LogP contribution in [0.25, 0.3) is 0 Å². The lowest BCUT2D eigenvalue weighted by atomic mass is 9.85. The molecule has 0 aromatic heterocycles. The molecule has 1 aliphatic rings. The molecule has 1 N–H and O–H groups in total. The molecule has 2 heteroatoms. The predicted octanol–water partition coefficient (Wildman–Crippen LogP) is 2.90. The summed E-state index contributed by atoms with van der Waals surface area (Å²) in [5.41, 5.74) is -0.00541. The summed E-state index contributed by atoms with van der Waals surface area (Å²) in [6, 6.07) is 0.681. The monoisotopic (exact) mass is 227 g/mol. The second-order valence-corrected chi connectivity index (χ2v) is 6.75. The molecule has 1 saturated carbocycles. The first kappa shape index (κ1) is 14.0. The minimum Gasteiger partial charge on any atom is -0.391 e.